The molecule has 16 heteroatoms. The van der Waals surface area contributed by atoms with Crippen molar-refractivity contribution in [2.24, 2.45) is 0 Å². The Kier molecular flexibility index (Phi) is 11.1. The molecular formula is C37H35N7O8S. The van der Waals surface area contributed by atoms with E-state index in [1.54, 1.807) is 94.1 Å². The molecule has 0 atom stereocenters. The Labute approximate surface area is 305 Å². The van der Waals surface area contributed by atoms with Crippen molar-refractivity contribution < 1.29 is 36.9 Å². The third kappa shape index (κ3) is 9.22. The number of amides is 1. The van der Waals surface area contributed by atoms with Crippen molar-refractivity contribution in [1.29, 1.82) is 0 Å². The van der Waals surface area contributed by atoms with Gasteiger partial charge in [-0.1, -0.05) is 36.4 Å². The van der Waals surface area contributed by atoms with Crippen LogP contribution < -0.4 is 29.0 Å². The van der Waals surface area contributed by atoms with Crippen molar-refractivity contribution in [3.63, 3.8) is 0 Å². The van der Waals surface area contributed by atoms with E-state index in [0.717, 1.165) is 17.6 Å². The number of carbonyl (C=O) groups excluding carboxylic acids is 1. The van der Waals surface area contributed by atoms with Gasteiger partial charge in [0.25, 0.3) is 11.1 Å². The van der Waals surface area contributed by atoms with Gasteiger partial charge in [0.2, 0.25) is 27.4 Å². The van der Waals surface area contributed by atoms with Crippen LogP contribution in [0, 0.1) is 0 Å². The van der Waals surface area contributed by atoms with Crippen LogP contribution in [0.1, 0.15) is 27.0 Å². The number of nitrogens with one attached hydrogen (secondary N) is 1. The maximum absolute atomic E-state index is 14.0. The number of nitrogens with zero attached hydrogens (tertiary/aromatic N) is 6. The predicted molar refractivity (Wildman–Crippen MR) is 193 cm³/mol. The number of sulfone groups is 1. The Morgan fingerprint density at radius 1 is 0.679 bits per heavy atom. The fourth-order valence-electron chi connectivity index (χ4n) is 4.93. The first-order valence-corrected chi connectivity index (χ1v) is 18.0. The molecule has 0 saturated heterocycles. The Hall–Kier alpha value is -6.55. The summed E-state index contributed by atoms with van der Waals surface area (Å²) < 4.78 is 53.0. The zero-order valence-corrected chi connectivity index (χ0v) is 30.0. The number of carbonyl (C=O) groups is 1. The average molecular weight is 738 g/mol. The van der Waals surface area contributed by atoms with Gasteiger partial charge in [-0.3, -0.25) is 4.79 Å². The number of benzene rings is 4. The Bertz CT molecular complexity index is 2210. The van der Waals surface area contributed by atoms with Gasteiger partial charge in [-0.2, -0.15) is 14.8 Å². The summed E-state index contributed by atoms with van der Waals surface area (Å²) in [6, 6.07) is 28.4. The fraction of sp³-hybridized carbons (Fsp3) is 0.189. The zero-order valence-electron chi connectivity index (χ0n) is 29.2. The van der Waals surface area contributed by atoms with Crippen molar-refractivity contribution in [1.82, 2.24) is 30.2 Å². The summed E-state index contributed by atoms with van der Waals surface area (Å²) in [6.45, 7) is 0.309. The van der Waals surface area contributed by atoms with E-state index in [4.69, 9.17) is 23.7 Å². The van der Waals surface area contributed by atoms with Gasteiger partial charge in [-0.15, -0.1) is 10.2 Å². The van der Waals surface area contributed by atoms with Gasteiger partial charge in [0, 0.05) is 17.5 Å². The second-order valence-corrected chi connectivity index (χ2v) is 13.5. The van der Waals surface area contributed by atoms with Gasteiger partial charge in [0.15, 0.2) is 5.56 Å². The molecule has 6 rings (SSSR count). The van der Waals surface area contributed by atoms with Gasteiger partial charge >= 0.3 is 0 Å². The number of ether oxygens (including phenoxy) is 5. The molecular weight excluding hydrogens is 703 g/mol. The number of hydrogen-bond acceptors (Lipinski definition) is 13. The largest absolute Gasteiger partial charge is 0.497 e. The van der Waals surface area contributed by atoms with Gasteiger partial charge in [-0.25, -0.2) is 8.42 Å². The molecule has 0 bridgehead atoms. The molecule has 0 fully saturated rings. The molecule has 272 valence electrons. The van der Waals surface area contributed by atoms with E-state index < -0.39 is 20.9 Å². The Morgan fingerprint density at radius 2 is 1.15 bits per heavy atom. The standard InChI is InChI=1S/C37H35N7O8S/c1-48-29-15-5-24(6-16-29)21-44-42-33(41-43-44)27-11-13-28(14-12-27)38-34(45)32-35(51-22-25-7-17-30(49-2)18-8-25)39-37(53(4,46)47)40-36(32)52-23-26-9-19-31(50-3)20-10-26/h5-20H,21-23H2,1-4H3,(H,38,45). The smallest absolute Gasteiger partial charge is 0.266 e. The van der Waals surface area contributed by atoms with Gasteiger partial charge in [-0.05, 0) is 82.6 Å². The molecule has 2 aromatic heterocycles. The summed E-state index contributed by atoms with van der Waals surface area (Å²) in [4.78, 5) is 23.8. The lowest BCUT2D eigenvalue weighted by Crippen LogP contribution is -2.19. The number of rotatable bonds is 15. The van der Waals surface area contributed by atoms with Crippen LogP contribution in [0.5, 0.6) is 29.0 Å². The van der Waals surface area contributed by atoms with E-state index in [2.05, 4.69) is 30.7 Å². The van der Waals surface area contributed by atoms with Gasteiger partial charge < -0.3 is 29.0 Å². The molecule has 0 aliphatic heterocycles. The van der Waals surface area contributed by atoms with Crippen LogP contribution in [0.3, 0.4) is 0 Å². The van der Waals surface area contributed by atoms with E-state index in [0.29, 0.717) is 46.2 Å². The Balaban J connectivity index is 1.26. The maximum Gasteiger partial charge on any atom is 0.266 e. The molecule has 2 heterocycles. The highest BCUT2D eigenvalue weighted by molar-refractivity contribution is 7.90. The normalized spacial score (nSPS) is 11.1. The van der Waals surface area contributed by atoms with Crippen molar-refractivity contribution >= 4 is 21.4 Å². The number of tetrazole rings is 1. The first-order chi connectivity index (χ1) is 25.6. The molecule has 15 nitrogen and oxygen atoms in total. The molecule has 0 saturated carbocycles. The lowest BCUT2D eigenvalue weighted by Gasteiger charge is -2.16. The quantitative estimate of drug-likeness (QED) is 0.139. The Morgan fingerprint density at radius 3 is 1.60 bits per heavy atom. The third-order valence-electron chi connectivity index (χ3n) is 7.79. The van der Waals surface area contributed by atoms with Crippen LogP contribution in [0.15, 0.2) is 102 Å². The minimum Gasteiger partial charge on any atom is -0.497 e. The van der Waals surface area contributed by atoms with Crippen LogP contribution in [0.2, 0.25) is 0 Å². The minimum atomic E-state index is -3.95. The van der Waals surface area contributed by atoms with Crippen LogP contribution >= 0.6 is 0 Å². The molecule has 53 heavy (non-hydrogen) atoms. The molecule has 6 aromatic rings. The van der Waals surface area contributed by atoms with E-state index >= 15 is 0 Å². The lowest BCUT2D eigenvalue weighted by atomic mass is 10.2. The number of aromatic nitrogens is 6. The molecule has 0 radical (unpaired) electrons. The highest BCUT2D eigenvalue weighted by atomic mass is 32.2. The second-order valence-electron chi connectivity index (χ2n) is 11.6. The van der Waals surface area contributed by atoms with Crippen molar-refractivity contribution in [2.75, 3.05) is 32.9 Å². The SMILES string of the molecule is COc1ccc(COc2nc(S(C)(=O)=O)nc(OCc3ccc(OC)cc3)c2C(=O)Nc2ccc(-c3nnn(Cc4ccc(OC)cc4)n3)cc2)cc1. The summed E-state index contributed by atoms with van der Waals surface area (Å²) in [6.07, 6.45) is 0.955. The van der Waals surface area contributed by atoms with Crippen molar-refractivity contribution in [2.45, 2.75) is 24.9 Å². The monoisotopic (exact) mass is 737 g/mol. The van der Waals surface area contributed by atoms with Crippen molar-refractivity contribution in [3.05, 3.63) is 119 Å². The molecule has 1 N–H and O–H groups in total. The van der Waals surface area contributed by atoms with E-state index in [9.17, 15) is 13.2 Å². The lowest BCUT2D eigenvalue weighted by molar-refractivity contribution is 0.101. The van der Waals surface area contributed by atoms with E-state index in [-0.39, 0.29) is 30.5 Å². The van der Waals surface area contributed by atoms with Crippen molar-refractivity contribution in [3.8, 4) is 40.4 Å². The van der Waals surface area contributed by atoms with E-state index in [1.807, 2.05) is 24.3 Å². The number of hydrogen-bond donors (Lipinski definition) is 1. The fourth-order valence-corrected chi connectivity index (χ4v) is 5.43. The summed E-state index contributed by atoms with van der Waals surface area (Å²) in [5.41, 5.74) is 3.26. The first kappa shape index (κ1) is 36.2. The van der Waals surface area contributed by atoms with Gasteiger partial charge in [0.05, 0.1) is 27.9 Å². The number of anilines is 1. The highest BCUT2D eigenvalue weighted by Crippen LogP contribution is 2.30. The van der Waals surface area contributed by atoms with Crippen LogP contribution in [-0.2, 0) is 29.6 Å². The van der Waals surface area contributed by atoms with E-state index in [1.165, 1.54) is 4.80 Å². The summed E-state index contributed by atoms with van der Waals surface area (Å²) in [7, 11) is 0.762. The molecule has 0 aliphatic carbocycles. The van der Waals surface area contributed by atoms with Crippen LogP contribution in [-0.4, -0.2) is 72.1 Å². The number of methoxy groups -OCH3 is 3. The molecule has 1 amide bonds. The first-order valence-electron chi connectivity index (χ1n) is 16.1. The summed E-state index contributed by atoms with van der Waals surface area (Å²) in [5, 5.41) is 15.1. The van der Waals surface area contributed by atoms with Gasteiger partial charge in [0.1, 0.15) is 30.5 Å². The minimum absolute atomic E-state index is 0.0523. The highest BCUT2D eigenvalue weighted by Gasteiger charge is 2.28. The predicted octanol–water partition coefficient (Wildman–Crippen LogP) is 5.02. The average Bonchev–Trinajstić information content (AvgIpc) is 3.65. The molecule has 4 aromatic carbocycles. The second kappa shape index (κ2) is 16.2. The zero-order chi connectivity index (χ0) is 37.4. The summed E-state index contributed by atoms with van der Waals surface area (Å²) >= 11 is 0. The third-order valence-corrected chi connectivity index (χ3v) is 8.63. The molecule has 0 spiro atoms. The van der Waals surface area contributed by atoms with Crippen LogP contribution in [0.25, 0.3) is 11.4 Å². The maximum atomic E-state index is 14.0. The topological polar surface area (TPSA) is 179 Å². The molecule has 0 unspecified atom stereocenters. The molecule has 0 aliphatic rings. The van der Waals surface area contributed by atoms with Crippen LogP contribution in [0.4, 0.5) is 5.69 Å². The summed E-state index contributed by atoms with van der Waals surface area (Å²) in [5.74, 6) is 1.16.